The zero-order valence-electron chi connectivity index (χ0n) is 26.5. The van der Waals surface area contributed by atoms with Crippen molar-refractivity contribution in [3.05, 3.63) is 53.1 Å². The fourth-order valence-corrected chi connectivity index (χ4v) is 6.85. The summed E-state index contributed by atoms with van der Waals surface area (Å²) in [5.74, 6) is -1.56. The van der Waals surface area contributed by atoms with E-state index >= 15 is 0 Å². The summed E-state index contributed by atoms with van der Waals surface area (Å²) in [5.41, 5.74) is 1.27. The lowest BCUT2D eigenvalue weighted by Gasteiger charge is -2.48. The van der Waals surface area contributed by atoms with Gasteiger partial charge in [0.1, 0.15) is 17.1 Å². The molecule has 0 bridgehead atoms. The first-order valence-electron chi connectivity index (χ1n) is 15.9. The zero-order valence-corrected chi connectivity index (χ0v) is 26.5. The second kappa shape index (κ2) is 13.8. The van der Waals surface area contributed by atoms with Crippen molar-refractivity contribution in [3.63, 3.8) is 0 Å². The Bertz CT molecular complexity index is 1370. The lowest BCUT2D eigenvalue weighted by atomic mass is 9.67. The first-order valence-corrected chi connectivity index (χ1v) is 15.9. The predicted octanol–water partition coefficient (Wildman–Crippen LogP) is 6.95. The van der Waals surface area contributed by atoms with Gasteiger partial charge < -0.3 is 20.1 Å². The molecule has 1 heterocycles. The van der Waals surface area contributed by atoms with E-state index < -0.39 is 23.7 Å². The molecular weight excluding hydrogens is 587 g/mol. The number of carboxylic acids is 1. The van der Waals surface area contributed by atoms with E-state index in [4.69, 9.17) is 10.1 Å². The summed E-state index contributed by atoms with van der Waals surface area (Å²) in [4.78, 5) is 44.8. The molecule has 1 spiro atoms. The summed E-state index contributed by atoms with van der Waals surface area (Å²) in [7, 11) is 0. The molecule has 1 unspecified atom stereocenters. The van der Waals surface area contributed by atoms with Gasteiger partial charge in [-0.05, 0) is 74.0 Å². The number of rotatable bonds is 12. The second-order valence-electron chi connectivity index (χ2n) is 12.9. The fraction of sp³-hybridized carbons (Fsp3) is 0.588. The number of ether oxygens (including phenoxy) is 1. The number of nitrogens with one attached hydrogen (secondary N) is 1. The minimum atomic E-state index is -4.86. The van der Waals surface area contributed by atoms with Gasteiger partial charge in [-0.1, -0.05) is 64.8 Å². The van der Waals surface area contributed by atoms with Gasteiger partial charge in [-0.15, -0.1) is 13.2 Å². The lowest BCUT2D eigenvalue weighted by molar-refractivity contribution is -0.274. The van der Waals surface area contributed by atoms with Crippen molar-refractivity contribution in [2.24, 2.45) is 16.3 Å². The number of benzene rings is 1. The van der Waals surface area contributed by atoms with Crippen LogP contribution in [0, 0.1) is 11.3 Å². The van der Waals surface area contributed by atoms with E-state index in [0.29, 0.717) is 43.6 Å². The fourth-order valence-electron chi connectivity index (χ4n) is 6.85. The molecule has 1 saturated carbocycles. The van der Waals surface area contributed by atoms with Crippen molar-refractivity contribution in [1.29, 1.82) is 0 Å². The molecule has 1 aliphatic heterocycles. The van der Waals surface area contributed by atoms with Crippen molar-refractivity contribution in [2.45, 2.75) is 110 Å². The molecule has 3 aliphatic rings. The van der Waals surface area contributed by atoms with Gasteiger partial charge in [0.25, 0.3) is 5.91 Å². The molecule has 4 rings (SSSR count). The maximum absolute atomic E-state index is 14.4. The van der Waals surface area contributed by atoms with Crippen molar-refractivity contribution < 1.29 is 37.4 Å². The summed E-state index contributed by atoms with van der Waals surface area (Å²) in [5, 5.41) is 11.5. The third-order valence-corrected chi connectivity index (χ3v) is 9.73. The van der Waals surface area contributed by atoms with E-state index in [1.54, 1.807) is 12.1 Å². The first-order chi connectivity index (χ1) is 21.2. The predicted molar refractivity (Wildman–Crippen MR) is 165 cm³/mol. The van der Waals surface area contributed by atoms with Gasteiger partial charge in [0.2, 0.25) is 5.91 Å². The molecule has 2 aliphatic carbocycles. The third kappa shape index (κ3) is 7.97. The molecule has 11 heteroatoms. The smallest absolute Gasteiger partial charge is 0.481 e. The first kappa shape index (κ1) is 34.2. The molecule has 1 aromatic carbocycles. The van der Waals surface area contributed by atoms with Crippen LogP contribution in [0.2, 0.25) is 0 Å². The maximum atomic E-state index is 14.4. The van der Waals surface area contributed by atoms with Gasteiger partial charge >= 0.3 is 12.3 Å². The van der Waals surface area contributed by atoms with E-state index in [0.717, 1.165) is 31.3 Å². The van der Waals surface area contributed by atoms with Crippen LogP contribution in [0.3, 0.4) is 0 Å². The second-order valence-corrected chi connectivity index (χ2v) is 12.9. The molecule has 1 fully saturated rings. The van der Waals surface area contributed by atoms with Crippen LogP contribution >= 0.6 is 0 Å². The highest BCUT2D eigenvalue weighted by atomic mass is 19.4. The highest BCUT2D eigenvalue weighted by molar-refractivity contribution is 6.47. The van der Waals surface area contributed by atoms with Gasteiger partial charge in [-0.25, -0.2) is 0 Å². The molecular formula is C34H44F3N3O5. The number of aliphatic carboxylic acids is 1. The number of carbonyl (C=O) groups is 3. The number of aliphatic imine (C=N–C) groups is 1. The number of carboxylic acid groups (broad SMARTS) is 1. The average molecular weight is 632 g/mol. The summed E-state index contributed by atoms with van der Waals surface area (Å²) in [6.45, 7) is 8.80. The Hall–Kier alpha value is -3.63. The van der Waals surface area contributed by atoms with Crippen molar-refractivity contribution in [2.75, 3.05) is 6.54 Å². The quantitative estimate of drug-likeness (QED) is 0.260. The Morgan fingerprint density at radius 1 is 1.16 bits per heavy atom. The largest absolute Gasteiger partial charge is 0.573 e. The number of amides is 2. The number of nitrogens with zero attached hydrogens (tertiary/aromatic N) is 2. The summed E-state index contributed by atoms with van der Waals surface area (Å²) >= 11 is 0. The van der Waals surface area contributed by atoms with Crippen LogP contribution < -0.4 is 10.1 Å². The van der Waals surface area contributed by atoms with E-state index in [-0.39, 0.29) is 47.5 Å². The number of allylic oxidation sites excluding steroid dienone is 2. The molecule has 0 saturated heterocycles. The highest BCUT2D eigenvalue weighted by Gasteiger charge is 2.53. The minimum absolute atomic E-state index is 0.0382. The van der Waals surface area contributed by atoms with Crippen molar-refractivity contribution in [1.82, 2.24) is 10.2 Å². The van der Waals surface area contributed by atoms with E-state index in [9.17, 15) is 27.6 Å². The van der Waals surface area contributed by atoms with E-state index in [1.165, 1.54) is 18.2 Å². The van der Waals surface area contributed by atoms with Crippen molar-refractivity contribution in [3.8, 4) is 5.75 Å². The zero-order chi connectivity index (χ0) is 33.0. The Labute approximate surface area is 262 Å². The van der Waals surface area contributed by atoms with Crippen LogP contribution in [0.25, 0.3) is 0 Å². The van der Waals surface area contributed by atoms with Gasteiger partial charge in [0.05, 0.1) is 12.5 Å². The van der Waals surface area contributed by atoms with Crippen LogP contribution in [0.1, 0.15) is 97.5 Å². The van der Waals surface area contributed by atoms with Crippen LogP contribution in [-0.4, -0.2) is 58.1 Å². The Kier molecular flexibility index (Phi) is 10.5. The molecule has 2 amide bonds. The van der Waals surface area contributed by atoms with Crippen LogP contribution in [0.15, 0.2) is 52.6 Å². The minimum Gasteiger partial charge on any atom is -0.481 e. The van der Waals surface area contributed by atoms with E-state index in [1.807, 2.05) is 17.9 Å². The Morgan fingerprint density at radius 2 is 1.87 bits per heavy atom. The monoisotopic (exact) mass is 631 g/mol. The lowest BCUT2D eigenvalue weighted by Crippen LogP contribution is -2.55. The molecule has 1 atom stereocenters. The summed E-state index contributed by atoms with van der Waals surface area (Å²) in [6.07, 6.45) is 5.09. The molecule has 246 valence electrons. The summed E-state index contributed by atoms with van der Waals surface area (Å²) in [6, 6.07) is 5.15. The molecule has 8 nitrogen and oxygen atoms in total. The molecule has 45 heavy (non-hydrogen) atoms. The molecule has 0 aromatic heterocycles. The number of alkyl halides is 3. The van der Waals surface area contributed by atoms with Crippen LogP contribution in [0.4, 0.5) is 13.2 Å². The van der Waals surface area contributed by atoms with Crippen LogP contribution in [-0.2, 0) is 14.4 Å². The normalized spacial score (nSPS) is 22.9. The standard InChI is InChI=1S/C34H44F3N3O5/c1-5-8-27(22-11-13-23(14-12-22)30(43)38-20-17-28(41)42)40-31(44)29(24-9-7-10-26(21-24)45-34(35,36)37)39-33(40)18-15-25(16-19-33)32(3,4)6-2/h7,9-11,13,21,25,27H,5-6,8,12,14-20H2,1-4H3,(H,38,43)(H,41,42). The SMILES string of the molecule is CCCC(C1=CC=C(C(=O)NCCC(=O)O)CC1)N1C(=O)C(c2cccc(OC(F)(F)F)c2)=NC12CCC(C(C)(C)CC)CC2. The van der Waals surface area contributed by atoms with Crippen LogP contribution in [0.5, 0.6) is 5.75 Å². The number of hydrogen-bond acceptors (Lipinski definition) is 5. The third-order valence-electron chi connectivity index (χ3n) is 9.73. The maximum Gasteiger partial charge on any atom is 0.573 e. The summed E-state index contributed by atoms with van der Waals surface area (Å²) < 4.78 is 43.2. The highest BCUT2D eigenvalue weighted by Crippen LogP contribution is 2.49. The van der Waals surface area contributed by atoms with Crippen molar-refractivity contribution >= 4 is 23.5 Å². The molecule has 1 aromatic rings. The number of halogens is 3. The molecule has 2 N–H and O–H groups in total. The van der Waals surface area contributed by atoms with Gasteiger partial charge in [-0.3, -0.25) is 19.4 Å². The van der Waals surface area contributed by atoms with E-state index in [2.05, 4.69) is 30.8 Å². The Morgan fingerprint density at radius 3 is 2.44 bits per heavy atom. The number of carbonyl (C=O) groups excluding carboxylic acids is 2. The van der Waals surface area contributed by atoms with Gasteiger partial charge in [0, 0.05) is 17.7 Å². The van der Waals surface area contributed by atoms with Gasteiger partial charge in [0.15, 0.2) is 0 Å². The van der Waals surface area contributed by atoms with Gasteiger partial charge in [-0.2, -0.15) is 0 Å². The topological polar surface area (TPSA) is 108 Å². The Balaban J connectivity index is 1.69. The number of hydrogen-bond donors (Lipinski definition) is 2. The average Bonchev–Trinajstić information content (AvgIpc) is 3.26. The molecule has 0 radical (unpaired) electrons.